The molecule has 0 saturated carbocycles. The van der Waals surface area contributed by atoms with Crippen LogP contribution in [-0.2, 0) is 22.4 Å². The third kappa shape index (κ3) is 11.3. The van der Waals surface area contributed by atoms with E-state index in [0.717, 1.165) is 18.4 Å². The number of esters is 1. The second-order valence-corrected chi connectivity index (χ2v) is 11.4. The number of aliphatic carboxylic acids is 1. The van der Waals surface area contributed by atoms with Crippen LogP contribution in [0.2, 0.25) is 0 Å². The van der Waals surface area contributed by atoms with Crippen LogP contribution < -0.4 is 20.1 Å². The van der Waals surface area contributed by atoms with E-state index in [-0.39, 0.29) is 30.1 Å². The Balaban J connectivity index is 1.24. The third-order valence-electron chi connectivity index (χ3n) is 7.52. The molecule has 2 amide bonds. The molecule has 48 heavy (non-hydrogen) atoms. The summed E-state index contributed by atoms with van der Waals surface area (Å²) in [6.45, 7) is 2.81. The molecule has 0 bridgehead atoms. The van der Waals surface area contributed by atoms with Gasteiger partial charge in [0.15, 0.2) is 0 Å². The van der Waals surface area contributed by atoms with Gasteiger partial charge in [-0.3, -0.25) is 9.59 Å². The number of carboxylic acid groups (broad SMARTS) is 1. The Hall–Kier alpha value is -5.64. The summed E-state index contributed by atoms with van der Waals surface area (Å²) in [6.07, 6.45) is 5.85. The second kappa shape index (κ2) is 17.9. The molecule has 1 atom stereocenters. The highest BCUT2D eigenvalue weighted by Crippen LogP contribution is 2.19. The van der Waals surface area contributed by atoms with Crippen LogP contribution in [0.15, 0.2) is 97.1 Å². The number of hydrogen-bond donors (Lipinski definition) is 4. The maximum absolute atomic E-state index is 12.8. The fourth-order valence-electron chi connectivity index (χ4n) is 4.83. The Kier molecular flexibility index (Phi) is 13.1. The molecule has 10 heteroatoms. The van der Waals surface area contributed by atoms with Crippen molar-refractivity contribution in [1.29, 1.82) is 0 Å². The van der Waals surface area contributed by atoms with Crippen LogP contribution >= 0.6 is 0 Å². The molecule has 10 nitrogen and oxygen atoms in total. The predicted molar refractivity (Wildman–Crippen MR) is 182 cm³/mol. The number of hydrogen-bond acceptors (Lipinski definition) is 7. The molecule has 0 heterocycles. The Bertz CT molecular complexity index is 1650. The molecule has 0 aromatic heterocycles. The molecule has 4 rings (SSSR count). The number of nitrogens with one attached hydrogen (secondary N) is 2. The molecular formula is C38H40N2O8. The predicted octanol–water partition coefficient (Wildman–Crippen LogP) is 6.57. The molecule has 0 fully saturated rings. The van der Waals surface area contributed by atoms with Crippen LogP contribution in [0.3, 0.4) is 0 Å². The van der Waals surface area contributed by atoms with E-state index in [1.54, 1.807) is 72.8 Å². The van der Waals surface area contributed by atoms with Crippen LogP contribution in [0.1, 0.15) is 70.9 Å². The Morgan fingerprint density at radius 2 is 1.31 bits per heavy atom. The summed E-state index contributed by atoms with van der Waals surface area (Å²) in [7, 11) is 0. The number of benzene rings is 4. The van der Waals surface area contributed by atoms with E-state index in [2.05, 4.69) is 17.6 Å². The van der Waals surface area contributed by atoms with E-state index in [0.29, 0.717) is 34.9 Å². The van der Waals surface area contributed by atoms with Crippen molar-refractivity contribution in [3.63, 3.8) is 0 Å². The first-order valence-electron chi connectivity index (χ1n) is 16.0. The monoisotopic (exact) mass is 652 g/mol. The van der Waals surface area contributed by atoms with Crippen molar-refractivity contribution in [3.05, 3.63) is 119 Å². The Morgan fingerprint density at radius 3 is 1.96 bits per heavy atom. The minimum absolute atomic E-state index is 0.000761. The van der Waals surface area contributed by atoms with Gasteiger partial charge >= 0.3 is 11.9 Å². The van der Waals surface area contributed by atoms with Gasteiger partial charge in [-0.2, -0.15) is 0 Å². The molecule has 0 saturated heterocycles. The van der Waals surface area contributed by atoms with Crippen molar-refractivity contribution in [2.24, 2.45) is 0 Å². The average Bonchev–Trinajstić information content (AvgIpc) is 3.08. The van der Waals surface area contributed by atoms with Crippen molar-refractivity contribution >= 4 is 29.4 Å². The van der Waals surface area contributed by atoms with Gasteiger partial charge in [-0.05, 0) is 90.3 Å². The summed E-state index contributed by atoms with van der Waals surface area (Å²) in [5, 5.41) is 24.4. The number of rotatable bonds is 17. The number of amides is 2. The Labute approximate surface area is 279 Å². The molecule has 0 unspecified atom stereocenters. The summed E-state index contributed by atoms with van der Waals surface area (Å²) in [4.78, 5) is 49.8. The van der Waals surface area contributed by atoms with Gasteiger partial charge in [-0.15, -0.1) is 0 Å². The molecular weight excluding hydrogens is 612 g/mol. The number of phenolic OH excluding ortho intramolecular Hbond substituents is 1. The van der Waals surface area contributed by atoms with Gasteiger partial charge < -0.3 is 30.3 Å². The van der Waals surface area contributed by atoms with Crippen molar-refractivity contribution in [2.75, 3.05) is 11.9 Å². The van der Waals surface area contributed by atoms with Crippen molar-refractivity contribution < 1.29 is 38.9 Å². The highest BCUT2D eigenvalue weighted by Gasteiger charge is 2.21. The van der Waals surface area contributed by atoms with E-state index >= 15 is 0 Å². The zero-order valence-electron chi connectivity index (χ0n) is 26.8. The minimum Gasteiger partial charge on any atom is -0.508 e. The number of unbranched alkanes of at least 4 members (excludes halogenated alkanes) is 4. The molecule has 0 radical (unpaired) electrons. The summed E-state index contributed by atoms with van der Waals surface area (Å²) < 4.78 is 11.2. The molecule has 250 valence electrons. The first-order chi connectivity index (χ1) is 23.2. The molecule has 0 aliphatic rings. The largest absolute Gasteiger partial charge is 0.508 e. The quantitative estimate of drug-likeness (QED) is 0.0568. The van der Waals surface area contributed by atoms with Gasteiger partial charge in [0.05, 0.1) is 18.6 Å². The summed E-state index contributed by atoms with van der Waals surface area (Å²) in [5.74, 6) is -1.50. The van der Waals surface area contributed by atoms with E-state index in [1.165, 1.54) is 43.5 Å². The first-order valence-corrected chi connectivity index (χ1v) is 16.0. The number of aromatic hydroxyl groups is 1. The maximum atomic E-state index is 12.8. The number of phenols is 1. The zero-order valence-corrected chi connectivity index (χ0v) is 26.8. The van der Waals surface area contributed by atoms with Gasteiger partial charge in [-0.1, -0.05) is 56.9 Å². The van der Waals surface area contributed by atoms with Gasteiger partial charge in [0.1, 0.15) is 23.3 Å². The number of carboxylic acids is 1. The van der Waals surface area contributed by atoms with Gasteiger partial charge in [0.25, 0.3) is 5.91 Å². The lowest BCUT2D eigenvalue weighted by Crippen LogP contribution is -2.42. The smallest absolute Gasteiger partial charge is 0.343 e. The van der Waals surface area contributed by atoms with E-state index in [9.17, 15) is 29.4 Å². The molecule has 0 aliphatic carbocycles. The number of anilines is 1. The standard InChI is InChI=1S/C38H40N2O8/c1-2-3-4-5-6-23-47-32-21-13-29(14-22-32)38(46)48-33-19-9-26(10-20-33)24-34(37(44)45)40-36(43)28-11-15-30(16-12-28)39-35(42)25-27-7-17-31(41)18-8-27/h7-22,34,41H,2-6,23-25H2,1H3,(H,39,42)(H,40,43)(H,44,45)/t34-/m0/s1. The van der Waals surface area contributed by atoms with Crippen LogP contribution in [0.4, 0.5) is 5.69 Å². The zero-order chi connectivity index (χ0) is 34.3. The van der Waals surface area contributed by atoms with Crippen LogP contribution in [0.5, 0.6) is 17.2 Å². The van der Waals surface area contributed by atoms with E-state index in [4.69, 9.17) is 9.47 Å². The molecule has 4 aromatic carbocycles. The summed E-state index contributed by atoms with van der Waals surface area (Å²) in [5.41, 5.74) is 2.41. The topological polar surface area (TPSA) is 151 Å². The highest BCUT2D eigenvalue weighted by atomic mass is 16.5. The highest BCUT2D eigenvalue weighted by molar-refractivity contribution is 5.98. The normalized spacial score (nSPS) is 11.3. The summed E-state index contributed by atoms with van der Waals surface area (Å²) in [6, 6.07) is 24.3. The third-order valence-corrected chi connectivity index (χ3v) is 7.52. The number of ether oxygens (including phenoxy) is 2. The van der Waals surface area contributed by atoms with Crippen LogP contribution in [0.25, 0.3) is 0 Å². The second-order valence-electron chi connectivity index (χ2n) is 11.4. The fourth-order valence-corrected chi connectivity index (χ4v) is 4.83. The lowest BCUT2D eigenvalue weighted by atomic mass is 10.0. The summed E-state index contributed by atoms with van der Waals surface area (Å²) >= 11 is 0. The molecule has 0 aliphatic heterocycles. The van der Waals surface area contributed by atoms with Gasteiger partial charge in [0, 0.05) is 17.7 Å². The van der Waals surface area contributed by atoms with Gasteiger partial charge in [0.2, 0.25) is 5.91 Å². The van der Waals surface area contributed by atoms with Crippen LogP contribution in [-0.4, -0.2) is 46.6 Å². The van der Waals surface area contributed by atoms with Crippen molar-refractivity contribution in [3.8, 4) is 17.2 Å². The Morgan fingerprint density at radius 1 is 0.708 bits per heavy atom. The number of carbonyl (C=O) groups excluding carboxylic acids is 3. The fraction of sp³-hybridized carbons (Fsp3) is 0.263. The van der Waals surface area contributed by atoms with Crippen molar-refractivity contribution in [1.82, 2.24) is 5.32 Å². The minimum atomic E-state index is -1.22. The van der Waals surface area contributed by atoms with Crippen molar-refractivity contribution in [2.45, 2.75) is 57.9 Å². The number of carbonyl (C=O) groups is 4. The molecule has 4 aromatic rings. The molecule has 4 N–H and O–H groups in total. The van der Waals surface area contributed by atoms with Gasteiger partial charge in [-0.25, -0.2) is 9.59 Å². The lowest BCUT2D eigenvalue weighted by molar-refractivity contribution is -0.139. The van der Waals surface area contributed by atoms with E-state index < -0.39 is 23.9 Å². The van der Waals surface area contributed by atoms with Crippen LogP contribution in [0, 0.1) is 0 Å². The lowest BCUT2D eigenvalue weighted by Gasteiger charge is -2.15. The first kappa shape index (κ1) is 35.2. The SMILES string of the molecule is CCCCCCCOc1ccc(C(=O)Oc2ccc(C[C@H](NC(=O)c3ccc(NC(=O)Cc4ccc(O)cc4)cc3)C(=O)O)cc2)cc1. The maximum Gasteiger partial charge on any atom is 0.343 e. The molecule has 0 spiro atoms. The average molecular weight is 653 g/mol. The van der Waals surface area contributed by atoms with E-state index in [1.807, 2.05) is 0 Å².